The Morgan fingerprint density at radius 1 is 1.00 bits per heavy atom. The fourth-order valence-electron chi connectivity index (χ4n) is 3.99. The molecule has 1 aliphatic carbocycles. The van der Waals surface area contributed by atoms with Crippen molar-refractivity contribution in [1.29, 1.82) is 0 Å². The van der Waals surface area contributed by atoms with E-state index in [1.54, 1.807) is 23.1 Å². The Hall–Kier alpha value is -3.22. The second kappa shape index (κ2) is 6.74. The lowest BCUT2D eigenvalue weighted by molar-refractivity contribution is 0.0742. The Bertz CT molecular complexity index is 1120. The number of aromatic nitrogens is 2. The molecule has 1 aliphatic heterocycles. The number of carbonyl (C=O) groups is 1. The standard InChI is InChI=1S/C21H20N4O3/c26-20(16-12-15-4-1-2-7-18(15)28-21(16)27)25-10-8-24(9-11-25)19-13-14-5-3-6-17(14)22-23-19/h1-2,4,7,12-13H,3,5-6,8-11H2. The van der Waals surface area contributed by atoms with Gasteiger partial charge in [0.05, 0.1) is 5.69 Å². The van der Waals surface area contributed by atoms with Crippen LogP contribution in [0, 0.1) is 0 Å². The molecule has 0 saturated carbocycles. The second-order valence-electron chi connectivity index (χ2n) is 7.29. The Kier molecular flexibility index (Phi) is 4.07. The predicted molar refractivity (Wildman–Crippen MR) is 105 cm³/mol. The molecule has 1 aromatic carbocycles. The third-order valence-electron chi connectivity index (χ3n) is 5.57. The van der Waals surface area contributed by atoms with Crippen molar-refractivity contribution in [1.82, 2.24) is 15.1 Å². The highest BCUT2D eigenvalue weighted by molar-refractivity contribution is 5.96. The van der Waals surface area contributed by atoms with Gasteiger partial charge in [-0.1, -0.05) is 18.2 Å². The minimum atomic E-state index is -0.587. The lowest BCUT2D eigenvalue weighted by Crippen LogP contribution is -2.49. The zero-order chi connectivity index (χ0) is 19.1. The maximum Gasteiger partial charge on any atom is 0.349 e. The zero-order valence-electron chi connectivity index (χ0n) is 15.4. The fraction of sp³-hybridized carbons (Fsp3) is 0.333. The normalized spacial score (nSPS) is 16.4. The van der Waals surface area contributed by atoms with Crippen molar-refractivity contribution in [3.05, 3.63) is 63.6 Å². The Morgan fingerprint density at radius 2 is 1.82 bits per heavy atom. The molecule has 0 spiro atoms. The Morgan fingerprint density at radius 3 is 2.68 bits per heavy atom. The SMILES string of the molecule is O=C(c1cc2ccccc2oc1=O)N1CCN(c2cc3c(nn2)CCC3)CC1. The quantitative estimate of drug-likeness (QED) is 0.637. The van der Waals surface area contributed by atoms with Crippen LogP contribution >= 0.6 is 0 Å². The molecule has 1 saturated heterocycles. The third-order valence-corrected chi connectivity index (χ3v) is 5.57. The van der Waals surface area contributed by atoms with E-state index in [0.29, 0.717) is 31.8 Å². The molecule has 3 aromatic rings. The zero-order valence-corrected chi connectivity index (χ0v) is 15.4. The van der Waals surface area contributed by atoms with E-state index in [2.05, 4.69) is 21.2 Å². The molecule has 1 fully saturated rings. The maximum atomic E-state index is 12.9. The molecule has 7 heteroatoms. The van der Waals surface area contributed by atoms with Crippen LogP contribution < -0.4 is 10.5 Å². The van der Waals surface area contributed by atoms with Crippen LogP contribution in [0.15, 0.2) is 45.6 Å². The third kappa shape index (κ3) is 2.93. The Labute approximate surface area is 161 Å². The number of aryl methyl sites for hydroxylation is 2. The largest absolute Gasteiger partial charge is 0.422 e. The lowest BCUT2D eigenvalue weighted by atomic mass is 10.1. The summed E-state index contributed by atoms with van der Waals surface area (Å²) < 4.78 is 5.31. The minimum absolute atomic E-state index is 0.0875. The maximum absolute atomic E-state index is 12.9. The second-order valence-corrected chi connectivity index (χ2v) is 7.29. The summed E-state index contributed by atoms with van der Waals surface area (Å²) in [5, 5.41) is 9.46. The number of rotatable bonds is 2. The summed E-state index contributed by atoms with van der Waals surface area (Å²) in [6.07, 6.45) is 3.22. The van der Waals surface area contributed by atoms with Gasteiger partial charge in [0.2, 0.25) is 0 Å². The van der Waals surface area contributed by atoms with Gasteiger partial charge in [-0.3, -0.25) is 4.79 Å². The molecule has 1 amide bonds. The van der Waals surface area contributed by atoms with Gasteiger partial charge in [-0.2, -0.15) is 5.10 Å². The van der Waals surface area contributed by atoms with Gasteiger partial charge in [-0.25, -0.2) is 4.79 Å². The first-order valence-electron chi connectivity index (χ1n) is 9.61. The molecular formula is C21H20N4O3. The van der Waals surface area contributed by atoms with Crippen molar-refractivity contribution in [2.75, 3.05) is 31.1 Å². The highest BCUT2D eigenvalue weighted by atomic mass is 16.4. The van der Waals surface area contributed by atoms with E-state index in [-0.39, 0.29) is 11.5 Å². The van der Waals surface area contributed by atoms with Gasteiger partial charge in [-0.15, -0.1) is 5.10 Å². The average Bonchev–Trinajstić information content (AvgIpc) is 3.21. The van der Waals surface area contributed by atoms with Crippen LogP contribution in [-0.4, -0.2) is 47.2 Å². The number of hydrogen-bond donors (Lipinski definition) is 0. The van der Waals surface area contributed by atoms with Gasteiger partial charge in [-0.05, 0) is 43.0 Å². The number of carbonyl (C=O) groups excluding carboxylic acids is 1. The van der Waals surface area contributed by atoms with Crippen LogP contribution in [0.1, 0.15) is 28.0 Å². The lowest BCUT2D eigenvalue weighted by Gasteiger charge is -2.35. The molecule has 0 radical (unpaired) electrons. The molecule has 28 heavy (non-hydrogen) atoms. The van der Waals surface area contributed by atoms with Crippen molar-refractivity contribution in [3.8, 4) is 0 Å². The van der Waals surface area contributed by atoms with Crippen LogP contribution in [0.4, 0.5) is 5.82 Å². The monoisotopic (exact) mass is 376 g/mol. The molecule has 3 heterocycles. The summed E-state index contributed by atoms with van der Waals surface area (Å²) >= 11 is 0. The molecule has 2 aromatic heterocycles. The molecule has 142 valence electrons. The molecule has 2 aliphatic rings. The van der Waals surface area contributed by atoms with Crippen molar-refractivity contribution in [2.45, 2.75) is 19.3 Å². The Balaban J connectivity index is 1.32. The van der Waals surface area contributed by atoms with Gasteiger partial charge in [0.1, 0.15) is 11.1 Å². The number of fused-ring (bicyclic) bond motifs is 2. The van der Waals surface area contributed by atoms with E-state index in [1.165, 1.54) is 5.56 Å². The van der Waals surface area contributed by atoms with E-state index in [0.717, 1.165) is 36.2 Å². The number of amides is 1. The number of piperazine rings is 1. The first-order valence-corrected chi connectivity index (χ1v) is 9.61. The number of anilines is 1. The molecule has 0 unspecified atom stereocenters. The van der Waals surface area contributed by atoms with Crippen LogP contribution in [0.2, 0.25) is 0 Å². The summed E-state index contributed by atoms with van der Waals surface area (Å²) in [5.74, 6) is 0.595. The minimum Gasteiger partial charge on any atom is -0.422 e. The van der Waals surface area contributed by atoms with Crippen molar-refractivity contribution in [3.63, 3.8) is 0 Å². The van der Waals surface area contributed by atoms with Gasteiger partial charge >= 0.3 is 5.63 Å². The van der Waals surface area contributed by atoms with Crippen LogP contribution in [0.5, 0.6) is 0 Å². The van der Waals surface area contributed by atoms with Crippen LogP contribution in [-0.2, 0) is 12.8 Å². The van der Waals surface area contributed by atoms with Crippen molar-refractivity contribution < 1.29 is 9.21 Å². The highest BCUT2D eigenvalue weighted by Crippen LogP contribution is 2.23. The number of nitrogens with zero attached hydrogens (tertiary/aromatic N) is 4. The average molecular weight is 376 g/mol. The van der Waals surface area contributed by atoms with Crippen LogP contribution in [0.3, 0.4) is 0 Å². The highest BCUT2D eigenvalue weighted by Gasteiger charge is 2.26. The molecule has 0 atom stereocenters. The number of para-hydroxylation sites is 1. The van der Waals surface area contributed by atoms with Crippen molar-refractivity contribution >= 4 is 22.7 Å². The summed E-state index contributed by atoms with van der Waals surface area (Å²) in [5.41, 5.74) is 2.39. The van der Waals surface area contributed by atoms with Gasteiger partial charge in [0, 0.05) is 31.6 Å². The topological polar surface area (TPSA) is 79.5 Å². The molecule has 7 nitrogen and oxygen atoms in total. The van der Waals surface area contributed by atoms with E-state index < -0.39 is 5.63 Å². The summed E-state index contributed by atoms with van der Waals surface area (Å²) in [7, 11) is 0. The van der Waals surface area contributed by atoms with E-state index in [1.807, 2.05) is 12.1 Å². The summed E-state index contributed by atoms with van der Waals surface area (Å²) in [6.45, 7) is 2.39. The number of hydrogen-bond acceptors (Lipinski definition) is 6. The smallest absolute Gasteiger partial charge is 0.349 e. The van der Waals surface area contributed by atoms with Gasteiger partial charge < -0.3 is 14.2 Å². The summed E-state index contributed by atoms with van der Waals surface area (Å²) in [6, 6.07) is 11.0. The molecule has 0 N–H and O–H groups in total. The fourth-order valence-corrected chi connectivity index (χ4v) is 3.99. The molecule has 5 rings (SSSR count). The molecular weight excluding hydrogens is 356 g/mol. The van der Waals surface area contributed by atoms with E-state index >= 15 is 0 Å². The first-order chi connectivity index (χ1) is 13.7. The van der Waals surface area contributed by atoms with Crippen molar-refractivity contribution in [2.24, 2.45) is 0 Å². The van der Waals surface area contributed by atoms with Crippen LogP contribution in [0.25, 0.3) is 11.0 Å². The van der Waals surface area contributed by atoms with Gasteiger partial charge in [0.25, 0.3) is 5.91 Å². The van der Waals surface area contributed by atoms with Gasteiger partial charge in [0.15, 0.2) is 5.82 Å². The summed E-state index contributed by atoms with van der Waals surface area (Å²) in [4.78, 5) is 29.0. The predicted octanol–water partition coefficient (Wildman–Crippen LogP) is 2.03. The van der Waals surface area contributed by atoms with E-state index in [4.69, 9.17) is 4.42 Å². The first kappa shape index (κ1) is 16.9. The van der Waals surface area contributed by atoms with E-state index in [9.17, 15) is 9.59 Å². The number of benzene rings is 1. The molecule has 0 bridgehead atoms.